The maximum Gasteiger partial charge on any atom is 0.0314 e. The summed E-state index contributed by atoms with van der Waals surface area (Å²) in [7, 11) is 0. The van der Waals surface area contributed by atoms with Crippen LogP contribution in [0.5, 0.6) is 0 Å². The van der Waals surface area contributed by atoms with Crippen molar-refractivity contribution in [3.63, 3.8) is 0 Å². The minimum atomic E-state index is 0.431. The third kappa shape index (κ3) is 6.03. The molecule has 0 amide bonds. The van der Waals surface area contributed by atoms with E-state index in [4.69, 9.17) is 0 Å². The van der Waals surface area contributed by atoms with Crippen LogP contribution in [0.2, 0.25) is 0 Å². The van der Waals surface area contributed by atoms with Gasteiger partial charge in [0, 0.05) is 15.4 Å². The number of halogens is 1. The van der Waals surface area contributed by atoms with Crippen molar-refractivity contribution in [1.82, 2.24) is 5.32 Å². The van der Waals surface area contributed by atoms with Gasteiger partial charge in [-0.2, -0.15) is 0 Å². The molecule has 0 aromatic carbocycles. The topological polar surface area (TPSA) is 12.0 Å². The van der Waals surface area contributed by atoms with E-state index in [0.29, 0.717) is 11.5 Å². The Labute approximate surface area is 118 Å². The number of hydrogen-bond donors (Lipinski definition) is 1. The van der Waals surface area contributed by atoms with Crippen LogP contribution in [0.4, 0.5) is 0 Å². The Bertz CT molecular complexity index is 327. The first-order chi connectivity index (χ1) is 7.92. The summed E-state index contributed by atoms with van der Waals surface area (Å²) >= 11 is 5.47. The molecule has 1 aromatic heterocycles. The van der Waals surface area contributed by atoms with E-state index >= 15 is 0 Å². The molecular weight excluding hydrogens is 294 g/mol. The molecular formula is C14H24BrNS. The molecule has 1 nitrogen and oxygen atoms in total. The molecule has 98 valence electrons. The molecule has 1 N–H and O–H groups in total. The highest BCUT2D eigenvalue weighted by Gasteiger charge is 2.16. The molecule has 1 atom stereocenters. The molecule has 3 heteroatoms. The van der Waals surface area contributed by atoms with Gasteiger partial charge in [0.2, 0.25) is 0 Å². The lowest BCUT2D eigenvalue weighted by atomic mass is 9.88. The Hall–Kier alpha value is 0.140. The SMILES string of the molecule is CCNC(CCC(C)(C)C)Cc1sccc1Br. The highest BCUT2D eigenvalue weighted by molar-refractivity contribution is 9.10. The quantitative estimate of drug-likeness (QED) is 0.790. The largest absolute Gasteiger partial charge is 0.314 e. The van der Waals surface area contributed by atoms with Crippen LogP contribution in [0.1, 0.15) is 45.4 Å². The summed E-state index contributed by atoms with van der Waals surface area (Å²) in [6.07, 6.45) is 3.66. The van der Waals surface area contributed by atoms with Crippen LogP contribution in [0.25, 0.3) is 0 Å². The zero-order chi connectivity index (χ0) is 12.9. The first kappa shape index (κ1) is 15.2. The molecule has 0 aliphatic heterocycles. The van der Waals surface area contributed by atoms with E-state index in [0.717, 1.165) is 13.0 Å². The third-order valence-corrected chi connectivity index (χ3v) is 4.81. The smallest absolute Gasteiger partial charge is 0.0314 e. The monoisotopic (exact) mass is 317 g/mol. The molecule has 1 unspecified atom stereocenters. The van der Waals surface area contributed by atoms with Gasteiger partial charge >= 0.3 is 0 Å². The third-order valence-electron chi connectivity index (χ3n) is 2.86. The molecule has 17 heavy (non-hydrogen) atoms. The first-order valence-corrected chi connectivity index (χ1v) is 8.05. The number of likely N-dealkylation sites (N-methyl/N-ethyl adjacent to an activating group) is 1. The van der Waals surface area contributed by atoms with E-state index in [9.17, 15) is 0 Å². The minimum Gasteiger partial charge on any atom is -0.314 e. The first-order valence-electron chi connectivity index (χ1n) is 6.37. The van der Waals surface area contributed by atoms with Gasteiger partial charge in [0.1, 0.15) is 0 Å². The fourth-order valence-electron chi connectivity index (χ4n) is 1.87. The minimum absolute atomic E-state index is 0.431. The number of thiophene rings is 1. The van der Waals surface area contributed by atoms with Gasteiger partial charge in [0.25, 0.3) is 0 Å². The van der Waals surface area contributed by atoms with Crippen molar-refractivity contribution in [1.29, 1.82) is 0 Å². The second-order valence-corrected chi connectivity index (χ2v) is 7.60. The zero-order valence-electron chi connectivity index (χ0n) is 11.3. The molecule has 1 aromatic rings. The van der Waals surface area contributed by atoms with Crippen molar-refractivity contribution < 1.29 is 0 Å². The maximum absolute atomic E-state index is 3.62. The number of hydrogen-bond acceptors (Lipinski definition) is 2. The molecule has 0 spiro atoms. The lowest BCUT2D eigenvalue weighted by Gasteiger charge is -2.23. The van der Waals surface area contributed by atoms with Gasteiger partial charge in [-0.3, -0.25) is 0 Å². The van der Waals surface area contributed by atoms with E-state index < -0.39 is 0 Å². The predicted octanol–water partition coefficient (Wildman–Crippen LogP) is 4.86. The van der Waals surface area contributed by atoms with Crippen LogP contribution in [0.3, 0.4) is 0 Å². The van der Waals surface area contributed by atoms with Gasteiger partial charge in [0.15, 0.2) is 0 Å². The summed E-state index contributed by atoms with van der Waals surface area (Å²) in [5, 5.41) is 5.77. The van der Waals surface area contributed by atoms with Gasteiger partial charge in [0.05, 0.1) is 0 Å². The zero-order valence-corrected chi connectivity index (χ0v) is 13.7. The van der Waals surface area contributed by atoms with E-state index in [1.54, 1.807) is 0 Å². The van der Waals surface area contributed by atoms with Crippen molar-refractivity contribution in [3.8, 4) is 0 Å². The Morgan fingerprint density at radius 1 is 1.41 bits per heavy atom. The average Bonchev–Trinajstić information content (AvgIpc) is 2.60. The Balaban J connectivity index is 2.51. The van der Waals surface area contributed by atoms with Crippen LogP contribution in [-0.4, -0.2) is 12.6 Å². The molecule has 0 saturated carbocycles. The summed E-state index contributed by atoms with van der Waals surface area (Å²) in [5.41, 5.74) is 0.431. The van der Waals surface area contributed by atoms with Crippen LogP contribution >= 0.6 is 27.3 Å². The predicted molar refractivity (Wildman–Crippen MR) is 81.9 cm³/mol. The lowest BCUT2D eigenvalue weighted by molar-refractivity contribution is 0.331. The normalized spacial score (nSPS) is 13.9. The van der Waals surface area contributed by atoms with Gasteiger partial charge in [-0.15, -0.1) is 11.3 Å². The molecule has 0 aliphatic carbocycles. The summed E-state index contributed by atoms with van der Waals surface area (Å²) in [4.78, 5) is 1.46. The number of nitrogens with one attached hydrogen (secondary N) is 1. The second-order valence-electron chi connectivity index (χ2n) is 5.75. The van der Waals surface area contributed by atoms with Crippen molar-refractivity contribution >= 4 is 27.3 Å². The fraction of sp³-hybridized carbons (Fsp3) is 0.714. The highest BCUT2D eigenvalue weighted by atomic mass is 79.9. The number of rotatable bonds is 6. The summed E-state index contributed by atoms with van der Waals surface area (Å²) in [5.74, 6) is 0. The van der Waals surface area contributed by atoms with Crippen molar-refractivity contribution in [2.75, 3.05) is 6.54 Å². The Morgan fingerprint density at radius 2 is 2.12 bits per heavy atom. The molecule has 0 bridgehead atoms. The summed E-state index contributed by atoms with van der Waals surface area (Å²) in [6, 6.07) is 2.75. The van der Waals surface area contributed by atoms with E-state index in [2.05, 4.69) is 60.4 Å². The van der Waals surface area contributed by atoms with Crippen LogP contribution in [0.15, 0.2) is 15.9 Å². The molecule has 0 aliphatic rings. The lowest BCUT2D eigenvalue weighted by Crippen LogP contribution is -2.31. The van der Waals surface area contributed by atoms with Crippen molar-refractivity contribution in [2.24, 2.45) is 5.41 Å². The molecule has 0 saturated heterocycles. The molecule has 1 heterocycles. The fourth-order valence-corrected chi connectivity index (χ4v) is 3.46. The highest BCUT2D eigenvalue weighted by Crippen LogP contribution is 2.27. The molecule has 0 radical (unpaired) electrons. The summed E-state index contributed by atoms with van der Waals surface area (Å²) in [6.45, 7) is 10.2. The van der Waals surface area contributed by atoms with Gasteiger partial charge in [-0.1, -0.05) is 27.7 Å². The van der Waals surface area contributed by atoms with Gasteiger partial charge in [-0.25, -0.2) is 0 Å². The van der Waals surface area contributed by atoms with Gasteiger partial charge in [-0.05, 0) is 58.6 Å². The second kappa shape index (κ2) is 6.91. The van der Waals surface area contributed by atoms with Crippen LogP contribution in [0, 0.1) is 5.41 Å². The summed E-state index contributed by atoms with van der Waals surface area (Å²) < 4.78 is 1.26. The molecule has 0 fully saturated rings. The standard InChI is InChI=1S/C14H24BrNS/c1-5-16-11(6-8-14(2,3)4)10-13-12(15)7-9-17-13/h7,9,11,16H,5-6,8,10H2,1-4H3. The van der Waals surface area contributed by atoms with Crippen LogP contribution < -0.4 is 5.32 Å². The molecule has 1 rings (SSSR count). The Kier molecular flexibility index (Phi) is 6.18. The maximum atomic E-state index is 3.62. The van der Waals surface area contributed by atoms with Crippen molar-refractivity contribution in [2.45, 2.75) is 53.0 Å². The van der Waals surface area contributed by atoms with E-state index in [1.807, 2.05) is 11.3 Å². The average molecular weight is 318 g/mol. The van der Waals surface area contributed by atoms with Crippen molar-refractivity contribution in [3.05, 3.63) is 20.8 Å². The van der Waals surface area contributed by atoms with E-state index in [1.165, 1.54) is 22.2 Å². The van der Waals surface area contributed by atoms with Gasteiger partial charge < -0.3 is 5.32 Å². The Morgan fingerprint density at radius 3 is 2.59 bits per heavy atom. The van der Waals surface area contributed by atoms with E-state index in [-0.39, 0.29) is 0 Å². The van der Waals surface area contributed by atoms with Crippen LogP contribution in [-0.2, 0) is 6.42 Å².